The van der Waals surface area contributed by atoms with E-state index in [2.05, 4.69) is 4.90 Å². The second-order valence-electron chi connectivity index (χ2n) is 5.14. The molecule has 3 rings (SSSR count). The van der Waals surface area contributed by atoms with Crippen LogP contribution in [0.25, 0.3) is 0 Å². The van der Waals surface area contributed by atoms with E-state index in [-0.39, 0.29) is 12.5 Å². The Labute approximate surface area is 128 Å². The summed E-state index contributed by atoms with van der Waals surface area (Å²) >= 11 is 5.99. The lowest BCUT2D eigenvalue weighted by atomic mass is 10.1. The van der Waals surface area contributed by atoms with Crippen LogP contribution in [-0.4, -0.2) is 23.8 Å². The molecule has 0 unspecified atom stereocenters. The van der Waals surface area contributed by atoms with E-state index in [0.717, 1.165) is 22.7 Å². The minimum absolute atomic E-state index is 0.205. The summed E-state index contributed by atoms with van der Waals surface area (Å²) in [5.74, 6) is 1.49. The van der Waals surface area contributed by atoms with Crippen LogP contribution >= 0.6 is 11.6 Å². The number of benzene rings is 2. The Balaban J connectivity index is 1.71. The number of phenols is 1. The maximum absolute atomic E-state index is 10.1. The van der Waals surface area contributed by atoms with Crippen molar-refractivity contribution in [2.24, 2.45) is 0 Å². The summed E-state index contributed by atoms with van der Waals surface area (Å²) in [5, 5.41) is 10.8. The molecular weight excluding hydrogens is 290 g/mol. The third-order valence-electron chi connectivity index (χ3n) is 3.36. The number of phenolic OH excluding ortho intramolecular Hbond substituents is 1. The number of aromatic hydroxyl groups is 1. The molecule has 1 N–H and O–H groups in total. The fraction of sp³-hybridized carbons (Fsp3) is 0.250. The van der Waals surface area contributed by atoms with Crippen LogP contribution in [0.1, 0.15) is 11.1 Å². The van der Waals surface area contributed by atoms with Crippen LogP contribution in [0.5, 0.6) is 17.2 Å². The highest BCUT2D eigenvalue weighted by atomic mass is 35.5. The number of hydrogen-bond acceptors (Lipinski definition) is 4. The van der Waals surface area contributed by atoms with E-state index in [1.54, 1.807) is 6.07 Å². The van der Waals surface area contributed by atoms with Crippen LogP contribution in [-0.2, 0) is 13.1 Å². The van der Waals surface area contributed by atoms with Crippen LogP contribution in [0, 0.1) is 0 Å². The van der Waals surface area contributed by atoms with Gasteiger partial charge in [0, 0.05) is 29.7 Å². The van der Waals surface area contributed by atoms with Crippen molar-refractivity contribution in [1.29, 1.82) is 0 Å². The SMILES string of the molecule is CN(Cc1cccc(Cl)c1)Cc1cc2c(cc1O)OCO2. The third-order valence-corrected chi connectivity index (χ3v) is 3.59. The highest BCUT2D eigenvalue weighted by Gasteiger charge is 2.17. The molecule has 0 aromatic heterocycles. The molecule has 1 heterocycles. The molecule has 0 amide bonds. The molecule has 0 aliphatic carbocycles. The molecular formula is C16H16ClNO3. The Bertz CT molecular complexity index is 660. The van der Waals surface area contributed by atoms with Crippen molar-refractivity contribution in [3.63, 3.8) is 0 Å². The molecule has 0 saturated carbocycles. The molecule has 2 aromatic rings. The van der Waals surface area contributed by atoms with E-state index in [1.165, 1.54) is 0 Å². The van der Waals surface area contributed by atoms with Gasteiger partial charge in [-0.2, -0.15) is 0 Å². The first-order chi connectivity index (χ1) is 10.1. The van der Waals surface area contributed by atoms with Crippen molar-refractivity contribution < 1.29 is 14.6 Å². The van der Waals surface area contributed by atoms with E-state index in [4.69, 9.17) is 21.1 Å². The topological polar surface area (TPSA) is 41.9 Å². The lowest BCUT2D eigenvalue weighted by Crippen LogP contribution is -2.17. The van der Waals surface area contributed by atoms with Gasteiger partial charge in [0.15, 0.2) is 11.5 Å². The number of ether oxygens (including phenoxy) is 2. The summed E-state index contributed by atoms with van der Waals surface area (Å²) in [6.45, 7) is 1.56. The van der Waals surface area contributed by atoms with E-state index >= 15 is 0 Å². The first kappa shape index (κ1) is 14.0. The third kappa shape index (κ3) is 3.23. The molecule has 2 aromatic carbocycles. The monoisotopic (exact) mass is 305 g/mol. The Kier molecular flexibility index (Phi) is 3.90. The van der Waals surface area contributed by atoms with Gasteiger partial charge in [-0.1, -0.05) is 23.7 Å². The highest BCUT2D eigenvalue weighted by Crippen LogP contribution is 2.38. The number of rotatable bonds is 4. The zero-order valence-corrected chi connectivity index (χ0v) is 12.4. The first-order valence-corrected chi connectivity index (χ1v) is 7.04. The molecule has 1 aliphatic heterocycles. The van der Waals surface area contributed by atoms with Gasteiger partial charge in [-0.3, -0.25) is 4.90 Å². The van der Waals surface area contributed by atoms with Crippen LogP contribution < -0.4 is 9.47 Å². The highest BCUT2D eigenvalue weighted by molar-refractivity contribution is 6.30. The predicted molar refractivity (Wildman–Crippen MR) is 80.9 cm³/mol. The zero-order valence-electron chi connectivity index (χ0n) is 11.7. The Morgan fingerprint density at radius 2 is 1.90 bits per heavy atom. The summed E-state index contributed by atoms with van der Waals surface area (Å²) in [6, 6.07) is 11.2. The molecule has 21 heavy (non-hydrogen) atoms. The van der Waals surface area contributed by atoms with E-state index in [0.29, 0.717) is 18.0 Å². The Hall–Kier alpha value is -1.91. The van der Waals surface area contributed by atoms with Crippen molar-refractivity contribution in [2.45, 2.75) is 13.1 Å². The first-order valence-electron chi connectivity index (χ1n) is 6.66. The Morgan fingerprint density at radius 1 is 1.14 bits per heavy atom. The molecule has 0 radical (unpaired) electrons. The Morgan fingerprint density at radius 3 is 2.67 bits per heavy atom. The van der Waals surface area contributed by atoms with Gasteiger partial charge in [-0.15, -0.1) is 0 Å². The summed E-state index contributed by atoms with van der Waals surface area (Å²) in [6.07, 6.45) is 0. The lowest BCUT2D eigenvalue weighted by molar-refractivity contribution is 0.174. The molecule has 0 spiro atoms. The van der Waals surface area contributed by atoms with Crippen LogP contribution in [0.15, 0.2) is 36.4 Å². The molecule has 110 valence electrons. The minimum Gasteiger partial charge on any atom is -0.507 e. The average Bonchev–Trinajstić information content (AvgIpc) is 2.86. The maximum Gasteiger partial charge on any atom is 0.231 e. The van der Waals surface area contributed by atoms with Crippen LogP contribution in [0.2, 0.25) is 5.02 Å². The van der Waals surface area contributed by atoms with Gasteiger partial charge in [-0.05, 0) is 30.8 Å². The molecule has 5 heteroatoms. The van der Waals surface area contributed by atoms with Gasteiger partial charge in [0.1, 0.15) is 5.75 Å². The average molecular weight is 306 g/mol. The van der Waals surface area contributed by atoms with E-state index < -0.39 is 0 Å². The molecule has 1 aliphatic rings. The maximum atomic E-state index is 10.1. The van der Waals surface area contributed by atoms with Gasteiger partial charge < -0.3 is 14.6 Å². The van der Waals surface area contributed by atoms with Gasteiger partial charge in [0.25, 0.3) is 0 Å². The largest absolute Gasteiger partial charge is 0.507 e. The van der Waals surface area contributed by atoms with Crippen molar-refractivity contribution in [1.82, 2.24) is 4.90 Å². The zero-order chi connectivity index (χ0) is 14.8. The second-order valence-corrected chi connectivity index (χ2v) is 5.57. The molecule has 0 atom stereocenters. The van der Waals surface area contributed by atoms with E-state index in [1.807, 2.05) is 37.4 Å². The van der Waals surface area contributed by atoms with Crippen LogP contribution in [0.3, 0.4) is 0 Å². The lowest BCUT2D eigenvalue weighted by Gasteiger charge is -2.18. The number of fused-ring (bicyclic) bond motifs is 1. The smallest absolute Gasteiger partial charge is 0.231 e. The minimum atomic E-state index is 0.205. The quantitative estimate of drug-likeness (QED) is 0.940. The summed E-state index contributed by atoms with van der Waals surface area (Å²) in [5.41, 5.74) is 1.94. The second kappa shape index (κ2) is 5.84. The molecule has 0 saturated heterocycles. The fourth-order valence-corrected chi connectivity index (χ4v) is 2.61. The molecule has 4 nitrogen and oxygen atoms in total. The van der Waals surface area contributed by atoms with Gasteiger partial charge >= 0.3 is 0 Å². The van der Waals surface area contributed by atoms with Crippen LogP contribution in [0.4, 0.5) is 0 Å². The van der Waals surface area contributed by atoms with Crippen molar-refractivity contribution in [2.75, 3.05) is 13.8 Å². The van der Waals surface area contributed by atoms with Crippen molar-refractivity contribution in [3.05, 3.63) is 52.5 Å². The summed E-state index contributed by atoms with van der Waals surface area (Å²) < 4.78 is 10.6. The number of hydrogen-bond donors (Lipinski definition) is 1. The van der Waals surface area contributed by atoms with Crippen molar-refractivity contribution >= 4 is 11.6 Å². The standard InChI is InChI=1S/C16H16ClNO3/c1-18(8-11-3-2-4-13(17)5-11)9-12-6-15-16(7-14(12)19)21-10-20-15/h2-7,19H,8-10H2,1H3. The van der Waals surface area contributed by atoms with Gasteiger partial charge in [0.05, 0.1) is 0 Å². The predicted octanol–water partition coefficient (Wildman–Crippen LogP) is 3.41. The molecule has 0 fully saturated rings. The molecule has 0 bridgehead atoms. The fourth-order valence-electron chi connectivity index (χ4n) is 2.39. The summed E-state index contributed by atoms with van der Waals surface area (Å²) in [7, 11) is 1.99. The number of nitrogens with zero attached hydrogens (tertiary/aromatic N) is 1. The normalized spacial score (nSPS) is 12.9. The summed E-state index contributed by atoms with van der Waals surface area (Å²) in [4.78, 5) is 2.10. The van der Waals surface area contributed by atoms with E-state index in [9.17, 15) is 5.11 Å². The number of halogens is 1. The van der Waals surface area contributed by atoms with Crippen molar-refractivity contribution in [3.8, 4) is 17.2 Å². The van der Waals surface area contributed by atoms with Gasteiger partial charge in [0.2, 0.25) is 6.79 Å². The van der Waals surface area contributed by atoms with Gasteiger partial charge in [-0.25, -0.2) is 0 Å².